The molecule has 0 aliphatic carbocycles. The molecule has 1 aromatic carbocycles. The van der Waals surface area contributed by atoms with Gasteiger partial charge in [-0.2, -0.15) is 0 Å². The highest BCUT2D eigenvalue weighted by molar-refractivity contribution is 7.93. The lowest BCUT2D eigenvalue weighted by Gasteiger charge is -2.07. The number of aromatic nitrogens is 1. The largest absolute Gasteiger partial charge is 0.456 e. The second-order valence-corrected chi connectivity index (χ2v) is 7.41. The zero-order chi connectivity index (χ0) is 17.2. The number of sulfonamides is 1. The Labute approximate surface area is 142 Å². The molecule has 124 valence electrons. The summed E-state index contributed by atoms with van der Waals surface area (Å²) < 4.78 is 32.0. The molecule has 0 aliphatic heterocycles. The number of furan rings is 1. The highest BCUT2D eigenvalue weighted by Crippen LogP contribution is 2.20. The van der Waals surface area contributed by atoms with E-state index in [1.807, 2.05) is 0 Å². The van der Waals surface area contributed by atoms with E-state index in [-0.39, 0.29) is 10.7 Å². The van der Waals surface area contributed by atoms with E-state index in [2.05, 4.69) is 15.0 Å². The van der Waals surface area contributed by atoms with E-state index in [1.165, 1.54) is 41.8 Å². The van der Waals surface area contributed by atoms with Crippen LogP contribution in [0.4, 0.5) is 10.8 Å². The molecule has 2 N–H and O–H groups in total. The summed E-state index contributed by atoms with van der Waals surface area (Å²) in [5.74, 6) is 0.420. The topological polar surface area (TPSA) is 101 Å². The summed E-state index contributed by atoms with van der Waals surface area (Å²) in [5, 5.41) is 4.60. The monoisotopic (exact) mass is 363 g/mol. The van der Waals surface area contributed by atoms with Crippen LogP contribution in [0.3, 0.4) is 0 Å². The van der Waals surface area contributed by atoms with E-state index in [1.54, 1.807) is 24.4 Å². The molecule has 0 bridgehead atoms. The molecule has 0 saturated carbocycles. The van der Waals surface area contributed by atoms with Gasteiger partial charge in [-0.1, -0.05) is 0 Å². The van der Waals surface area contributed by atoms with Crippen molar-refractivity contribution in [2.24, 2.45) is 0 Å². The number of hydrogen-bond acceptors (Lipinski definition) is 6. The van der Waals surface area contributed by atoms with Crippen molar-refractivity contribution in [1.29, 1.82) is 0 Å². The van der Waals surface area contributed by atoms with Crippen LogP contribution in [0.15, 0.2) is 57.3 Å². The number of nitrogens with zero attached hydrogens (tertiary/aromatic N) is 1. The summed E-state index contributed by atoms with van der Waals surface area (Å²) in [6.45, 7) is 1.74. The molecule has 9 heteroatoms. The Morgan fingerprint density at radius 3 is 2.50 bits per heavy atom. The first-order valence-corrected chi connectivity index (χ1v) is 9.20. The molecule has 2 heterocycles. The molecule has 24 heavy (non-hydrogen) atoms. The predicted molar refractivity (Wildman–Crippen MR) is 90.8 cm³/mol. The van der Waals surface area contributed by atoms with Crippen molar-refractivity contribution < 1.29 is 17.6 Å². The van der Waals surface area contributed by atoms with Gasteiger partial charge in [0.25, 0.3) is 15.9 Å². The van der Waals surface area contributed by atoms with Crippen molar-refractivity contribution >= 4 is 38.1 Å². The quantitative estimate of drug-likeness (QED) is 0.725. The lowest BCUT2D eigenvalue weighted by Crippen LogP contribution is -2.13. The Hall–Kier alpha value is -2.65. The maximum absolute atomic E-state index is 12.2. The molecule has 0 unspecified atom stereocenters. The van der Waals surface area contributed by atoms with E-state index in [0.717, 1.165) is 0 Å². The fourth-order valence-electron chi connectivity index (χ4n) is 1.91. The molecule has 1 amide bonds. The Bertz CT molecular complexity index is 945. The number of hydrogen-bond donors (Lipinski definition) is 2. The molecule has 7 nitrogen and oxygen atoms in total. The van der Waals surface area contributed by atoms with E-state index in [0.29, 0.717) is 16.6 Å². The van der Waals surface area contributed by atoms with Gasteiger partial charge in [-0.3, -0.25) is 9.52 Å². The van der Waals surface area contributed by atoms with Crippen LogP contribution in [-0.2, 0) is 10.0 Å². The molecule has 0 aliphatic rings. The Morgan fingerprint density at radius 2 is 1.92 bits per heavy atom. The number of anilines is 2. The normalized spacial score (nSPS) is 11.2. The molecule has 3 aromatic rings. The number of thiazole rings is 1. The van der Waals surface area contributed by atoms with Gasteiger partial charge in [0.2, 0.25) is 0 Å². The third kappa shape index (κ3) is 3.63. The van der Waals surface area contributed by atoms with Crippen LogP contribution in [0.25, 0.3) is 0 Å². The van der Waals surface area contributed by atoms with E-state index >= 15 is 0 Å². The van der Waals surface area contributed by atoms with Crippen LogP contribution in [0.1, 0.15) is 16.3 Å². The smallest absolute Gasteiger partial charge is 0.291 e. The summed E-state index contributed by atoms with van der Waals surface area (Å²) in [6.07, 6.45) is 1.51. The second-order valence-electron chi connectivity index (χ2n) is 4.83. The summed E-state index contributed by atoms with van der Waals surface area (Å²) >= 11 is 1.19. The Balaban J connectivity index is 1.72. The highest BCUT2D eigenvalue weighted by atomic mass is 32.2. The van der Waals surface area contributed by atoms with Gasteiger partial charge in [0, 0.05) is 17.3 Å². The fourth-order valence-corrected chi connectivity index (χ4v) is 3.70. The van der Waals surface area contributed by atoms with Gasteiger partial charge < -0.3 is 9.73 Å². The fraction of sp³-hybridized carbons (Fsp3) is 0.0667. The van der Waals surface area contributed by atoms with Crippen LogP contribution >= 0.6 is 11.3 Å². The van der Waals surface area contributed by atoms with Crippen molar-refractivity contribution in [2.45, 2.75) is 11.8 Å². The van der Waals surface area contributed by atoms with Crippen LogP contribution in [0.2, 0.25) is 0 Å². The predicted octanol–water partition coefficient (Wildman–Crippen LogP) is 3.10. The van der Waals surface area contributed by atoms with Gasteiger partial charge in [-0.05, 0) is 43.3 Å². The number of rotatable bonds is 5. The van der Waals surface area contributed by atoms with E-state index in [9.17, 15) is 13.2 Å². The molecule has 0 radical (unpaired) electrons. The van der Waals surface area contributed by atoms with Crippen LogP contribution in [0, 0.1) is 6.92 Å². The van der Waals surface area contributed by atoms with E-state index in [4.69, 9.17) is 4.42 Å². The van der Waals surface area contributed by atoms with Gasteiger partial charge in [0.1, 0.15) is 5.76 Å². The van der Waals surface area contributed by atoms with Crippen molar-refractivity contribution in [3.05, 3.63) is 59.5 Å². The zero-order valence-corrected chi connectivity index (χ0v) is 14.1. The SMILES string of the molecule is Cc1ccc(C(=O)Nc2ccc(S(=O)(=O)Nc3nccs3)cc2)o1. The molecule has 0 spiro atoms. The summed E-state index contributed by atoms with van der Waals surface area (Å²) in [4.78, 5) is 15.9. The number of nitrogens with one attached hydrogen (secondary N) is 2. The maximum Gasteiger partial charge on any atom is 0.291 e. The lowest BCUT2D eigenvalue weighted by atomic mass is 10.3. The third-order valence-electron chi connectivity index (χ3n) is 3.04. The van der Waals surface area contributed by atoms with Gasteiger partial charge in [-0.25, -0.2) is 13.4 Å². The molecule has 2 aromatic heterocycles. The minimum absolute atomic E-state index is 0.0737. The molecule has 0 fully saturated rings. The number of carbonyl (C=O) groups is 1. The molecular weight excluding hydrogens is 350 g/mol. The van der Waals surface area contributed by atoms with Crippen molar-refractivity contribution in [3.8, 4) is 0 Å². The summed E-state index contributed by atoms with van der Waals surface area (Å²) in [6, 6.07) is 9.07. The van der Waals surface area contributed by atoms with Gasteiger partial charge in [0.05, 0.1) is 4.90 Å². The maximum atomic E-state index is 12.2. The molecule has 0 atom stereocenters. The molecule has 0 saturated heterocycles. The number of benzene rings is 1. The summed E-state index contributed by atoms with van der Waals surface area (Å²) in [5.41, 5.74) is 0.460. The first-order valence-electron chi connectivity index (χ1n) is 6.84. The molecular formula is C15H13N3O4S2. The van der Waals surface area contributed by atoms with Gasteiger partial charge >= 0.3 is 0 Å². The lowest BCUT2D eigenvalue weighted by molar-refractivity contribution is 0.0995. The van der Waals surface area contributed by atoms with Crippen molar-refractivity contribution in [2.75, 3.05) is 10.0 Å². The number of amides is 1. The average Bonchev–Trinajstić information content (AvgIpc) is 3.19. The van der Waals surface area contributed by atoms with Crippen LogP contribution in [0.5, 0.6) is 0 Å². The first kappa shape index (κ1) is 16.2. The van der Waals surface area contributed by atoms with Crippen molar-refractivity contribution in [3.63, 3.8) is 0 Å². The van der Waals surface area contributed by atoms with Crippen LogP contribution < -0.4 is 10.0 Å². The number of carbonyl (C=O) groups excluding carboxylic acids is 1. The van der Waals surface area contributed by atoms with Gasteiger partial charge in [0.15, 0.2) is 10.9 Å². The van der Waals surface area contributed by atoms with Gasteiger partial charge in [-0.15, -0.1) is 11.3 Å². The minimum Gasteiger partial charge on any atom is -0.456 e. The summed E-state index contributed by atoms with van der Waals surface area (Å²) in [7, 11) is -3.71. The zero-order valence-electron chi connectivity index (χ0n) is 12.5. The molecule has 3 rings (SSSR count). The Kier molecular flexibility index (Phi) is 4.36. The van der Waals surface area contributed by atoms with Crippen LogP contribution in [-0.4, -0.2) is 19.3 Å². The number of aryl methyl sites for hydroxylation is 1. The van der Waals surface area contributed by atoms with E-state index < -0.39 is 15.9 Å². The average molecular weight is 363 g/mol. The standard InChI is InChI=1S/C15H13N3O4S2/c1-10-2-7-13(22-10)14(19)17-11-3-5-12(6-4-11)24(20,21)18-15-16-8-9-23-15/h2-9H,1H3,(H,16,18)(H,17,19). The third-order valence-corrected chi connectivity index (χ3v) is 5.21. The highest BCUT2D eigenvalue weighted by Gasteiger charge is 2.16. The Morgan fingerprint density at radius 1 is 1.17 bits per heavy atom. The minimum atomic E-state index is -3.71. The first-order chi connectivity index (χ1) is 11.4. The van der Waals surface area contributed by atoms with Crippen molar-refractivity contribution in [1.82, 2.24) is 4.98 Å². The second kappa shape index (κ2) is 6.46.